The first kappa shape index (κ1) is 14.3. The van der Waals surface area contributed by atoms with E-state index in [0.717, 1.165) is 18.1 Å². The number of halogens is 3. The van der Waals surface area contributed by atoms with E-state index in [1.165, 1.54) is 24.3 Å². The molecule has 2 aromatic rings. The molecule has 0 aliphatic carbocycles. The standard InChI is InChI=1S/C16H13F3O/c1-2-11-6-5-7-12(10-11)15(20)13-8-3-4-9-14(13)16(17,18)19/h3-10H,2H2,1H3. The van der Waals surface area contributed by atoms with Crippen LogP contribution in [-0.2, 0) is 12.6 Å². The van der Waals surface area contributed by atoms with Gasteiger partial charge in [0.1, 0.15) is 0 Å². The molecule has 0 saturated carbocycles. The molecule has 0 N–H and O–H groups in total. The summed E-state index contributed by atoms with van der Waals surface area (Å²) in [5.74, 6) is -0.603. The summed E-state index contributed by atoms with van der Waals surface area (Å²) in [6.07, 6.45) is -3.81. The number of hydrogen-bond acceptors (Lipinski definition) is 1. The lowest BCUT2D eigenvalue weighted by Crippen LogP contribution is -2.13. The van der Waals surface area contributed by atoms with Crippen molar-refractivity contribution in [2.45, 2.75) is 19.5 Å². The summed E-state index contributed by atoms with van der Waals surface area (Å²) < 4.78 is 38.8. The van der Waals surface area contributed by atoms with E-state index < -0.39 is 17.5 Å². The highest BCUT2D eigenvalue weighted by molar-refractivity contribution is 6.10. The van der Waals surface area contributed by atoms with E-state index in [1.807, 2.05) is 13.0 Å². The van der Waals surface area contributed by atoms with Gasteiger partial charge in [-0.3, -0.25) is 4.79 Å². The molecule has 0 aliphatic rings. The molecule has 2 rings (SSSR count). The molecule has 0 aliphatic heterocycles. The Morgan fingerprint density at radius 1 is 1.05 bits per heavy atom. The summed E-state index contributed by atoms with van der Waals surface area (Å²) in [5, 5.41) is 0. The summed E-state index contributed by atoms with van der Waals surface area (Å²) in [4.78, 5) is 12.3. The van der Waals surface area contributed by atoms with Gasteiger partial charge in [0.25, 0.3) is 0 Å². The van der Waals surface area contributed by atoms with Gasteiger partial charge in [-0.25, -0.2) is 0 Å². The Kier molecular flexibility index (Phi) is 3.93. The van der Waals surface area contributed by atoms with Gasteiger partial charge in [-0.1, -0.05) is 43.3 Å². The first-order chi connectivity index (χ1) is 9.43. The summed E-state index contributed by atoms with van der Waals surface area (Å²) in [7, 11) is 0. The highest BCUT2D eigenvalue weighted by Crippen LogP contribution is 2.32. The monoisotopic (exact) mass is 278 g/mol. The number of alkyl halides is 3. The van der Waals surface area contributed by atoms with E-state index in [-0.39, 0.29) is 11.1 Å². The first-order valence-corrected chi connectivity index (χ1v) is 6.23. The predicted molar refractivity (Wildman–Crippen MR) is 70.7 cm³/mol. The maximum absolute atomic E-state index is 12.9. The SMILES string of the molecule is CCc1cccc(C(=O)c2ccccc2C(F)(F)F)c1. The highest BCUT2D eigenvalue weighted by atomic mass is 19.4. The smallest absolute Gasteiger partial charge is 0.289 e. The van der Waals surface area contributed by atoms with Crippen LogP contribution in [0.1, 0.15) is 34.0 Å². The summed E-state index contributed by atoms with van der Waals surface area (Å²) in [6, 6.07) is 11.5. The van der Waals surface area contributed by atoms with Crippen LogP contribution in [-0.4, -0.2) is 5.78 Å². The molecule has 1 nitrogen and oxygen atoms in total. The van der Waals surface area contributed by atoms with E-state index in [1.54, 1.807) is 12.1 Å². The lowest BCUT2D eigenvalue weighted by molar-refractivity contribution is -0.137. The van der Waals surface area contributed by atoms with Gasteiger partial charge in [0.2, 0.25) is 0 Å². The van der Waals surface area contributed by atoms with Crippen molar-refractivity contribution >= 4 is 5.78 Å². The fraction of sp³-hybridized carbons (Fsp3) is 0.188. The van der Waals surface area contributed by atoms with Gasteiger partial charge in [0.15, 0.2) is 5.78 Å². The number of carbonyl (C=O) groups excluding carboxylic acids is 1. The molecule has 0 saturated heterocycles. The van der Waals surface area contributed by atoms with Crippen molar-refractivity contribution in [2.24, 2.45) is 0 Å². The summed E-state index contributed by atoms with van der Waals surface area (Å²) in [6.45, 7) is 1.92. The van der Waals surface area contributed by atoms with Crippen molar-refractivity contribution in [3.8, 4) is 0 Å². The number of rotatable bonds is 3. The van der Waals surface area contributed by atoms with Crippen LogP contribution in [0.5, 0.6) is 0 Å². The van der Waals surface area contributed by atoms with Gasteiger partial charge in [0, 0.05) is 11.1 Å². The van der Waals surface area contributed by atoms with E-state index in [9.17, 15) is 18.0 Å². The summed E-state index contributed by atoms with van der Waals surface area (Å²) >= 11 is 0. The van der Waals surface area contributed by atoms with Crippen molar-refractivity contribution in [1.29, 1.82) is 0 Å². The molecule has 0 amide bonds. The van der Waals surface area contributed by atoms with Gasteiger partial charge in [0.05, 0.1) is 5.56 Å². The average Bonchev–Trinajstić information content (AvgIpc) is 2.45. The Labute approximate surface area is 115 Å². The molecule has 2 aromatic carbocycles. The molecule has 0 aromatic heterocycles. The number of hydrogen-bond donors (Lipinski definition) is 0. The number of aryl methyl sites for hydroxylation is 1. The molecular formula is C16H13F3O. The van der Waals surface area contributed by atoms with Crippen LogP contribution in [0.25, 0.3) is 0 Å². The van der Waals surface area contributed by atoms with Crippen LogP contribution < -0.4 is 0 Å². The largest absolute Gasteiger partial charge is 0.417 e. The lowest BCUT2D eigenvalue weighted by atomic mass is 9.96. The second-order valence-corrected chi connectivity index (χ2v) is 4.43. The number of carbonyl (C=O) groups is 1. The molecule has 0 spiro atoms. The minimum Gasteiger partial charge on any atom is -0.289 e. The Bertz CT molecular complexity index is 630. The fourth-order valence-corrected chi connectivity index (χ4v) is 2.02. The average molecular weight is 278 g/mol. The second-order valence-electron chi connectivity index (χ2n) is 4.43. The van der Waals surface area contributed by atoms with Crippen LogP contribution in [0.3, 0.4) is 0 Å². The van der Waals surface area contributed by atoms with Crippen molar-refractivity contribution in [3.05, 3.63) is 70.8 Å². The van der Waals surface area contributed by atoms with Gasteiger partial charge < -0.3 is 0 Å². The third-order valence-electron chi connectivity index (χ3n) is 3.07. The molecule has 0 bridgehead atoms. The molecule has 4 heteroatoms. The normalized spacial score (nSPS) is 11.4. The minimum atomic E-state index is -4.53. The zero-order valence-electron chi connectivity index (χ0n) is 10.9. The highest BCUT2D eigenvalue weighted by Gasteiger charge is 2.34. The summed E-state index contributed by atoms with van der Waals surface area (Å²) in [5.41, 5.74) is -0.0125. The molecule has 0 heterocycles. The van der Waals surface area contributed by atoms with Crippen molar-refractivity contribution < 1.29 is 18.0 Å². The molecule has 20 heavy (non-hydrogen) atoms. The van der Waals surface area contributed by atoms with Crippen LogP contribution >= 0.6 is 0 Å². The number of benzene rings is 2. The maximum atomic E-state index is 12.9. The third-order valence-corrected chi connectivity index (χ3v) is 3.07. The molecule has 0 radical (unpaired) electrons. The van der Waals surface area contributed by atoms with Crippen LogP contribution in [0, 0.1) is 0 Å². The molecule has 0 atom stereocenters. The maximum Gasteiger partial charge on any atom is 0.417 e. The molecular weight excluding hydrogens is 265 g/mol. The van der Waals surface area contributed by atoms with Gasteiger partial charge in [-0.2, -0.15) is 13.2 Å². The number of ketones is 1. The molecule has 104 valence electrons. The Morgan fingerprint density at radius 2 is 1.75 bits per heavy atom. The van der Waals surface area contributed by atoms with E-state index in [4.69, 9.17) is 0 Å². The van der Waals surface area contributed by atoms with Crippen molar-refractivity contribution in [1.82, 2.24) is 0 Å². The Hall–Kier alpha value is -2.10. The lowest BCUT2D eigenvalue weighted by Gasteiger charge is -2.12. The van der Waals surface area contributed by atoms with E-state index in [0.29, 0.717) is 0 Å². The molecule has 0 fully saturated rings. The Morgan fingerprint density at radius 3 is 2.40 bits per heavy atom. The Balaban J connectivity index is 2.48. The predicted octanol–water partition coefficient (Wildman–Crippen LogP) is 4.50. The third kappa shape index (κ3) is 2.90. The van der Waals surface area contributed by atoms with Crippen molar-refractivity contribution in [3.63, 3.8) is 0 Å². The first-order valence-electron chi connectivity index (χ1n) is 6.23. The zero-order valence-corrected chi connectivity index (χ0v) is 10.9. The van der Waals surface area contributed by atoms with Crippen LogP contribution in [0.15, 0.2) is 48.5 Å². The fourth-order valence-electron chi connectivity index (χ4n) is 2.02. The second kappa shape index (κ2) is 5.49. The van der Waals surface area contributed by atoms with E-state index >= 15 is 0 Å². The quantitative estimate of drug-likeness (QED) is 0.755. The van der Waals surface area contributed by atoms with Gasteiger partial charge >= 0.3 is 6.18 Å². The van der Waals surface area contributed by atoms with Crippen LogP contribution in [0.2, 0.25) is 0 Å². The van der Waals surface area contributed by atoms with E-state index in [2.05, 4.69) is 0 Å². The van der Waals surface area contributed by atoms with Gasteiger partial charge in [-0.05, 0) is 24.1 Å². The van der Waals surface area contributed by atoms with Gasteiger partial charge in [-0.15, -0.1) is 0 Å². The van der Waals surface area contributed by atoms with Crippen molar-refractivity contribution in [2.75, 3.05) is 0 Å². The topological polar surface area (TPSA) is 17.1 Å². The minimum absolute atomic E-state index is 0.279. The van der Waals surface area contributed by atoms with Crippen LogP contribution in [0.4, 0.5) is 13.2 Å². The zero-order chi connectivity index (χ0) is 14.8. The molecule has 0 unspecified atom stereocenters.